The Labute approximate surface area is 163 Å². The van der Waals surface area contributed by atoms with Gasteiger partial charge in [0.05, 0.1) is 24.3 Å². The van der Waals surface area contributed by atoms with Crippen LogP contribution in [0, 0.1) is 5.92 Å². The van der Waals surface area contributed by atoms with E-state index in [1.165, 1.54) is 6.08 Å². The lowest BCUT2D eigenvalue weighted by Crippen LogP contribution is -2.63. The summed E-state index contributed by atoms with van der Waals surface area (Å²) >= 11 is 0. The molecule has 0 spiro atoms. The molecule has 3 aromatic heterocycles. The Balaban J connectivity index is 1.64. The number of amides is 1. The average Bonchev–Trinajstić information content (AvgIpc) is 3.33. The molecule has 1 saturated carbocycles. The van der Waals surface area contributed by atoms with Crippen molar-refractivity contribution in [3.05, 3.63) is 43.5 Å². The molecule has 1 aliphatic carbocycles. The van der Waals surface area contributed by atoms with E-state index in [1.54, 1.807) is 33.5 Å². The van der Waals surface area contributed by atoms with E-state index in [1.807, 2.05) is 25.5 Å². The van der Waals surface area contributed by atoms with Crippen LogP contribution in [-0.2, 0) is 11.8 Å². The molecule has 3 heterocycles. The van der Waals surface area contributed by atoms with Crippen LogP contribution in [0.1, 0.15) is 20.3 Å². The van der Waals surface area contributed by atoms with Crippen molar-refractivity contribution in [2.24, 2.45) is 13.0 Å². The number of ether oxygens (including phenoxy) is 1. The highest BCUT2D eigenvalue weighted by Gasteiger charge is 2.53. The third kappa shape index (κ3) is 2.85. The van der Waals surface area contributed by atoms with Crippen LogP contribution in [0.2, 0.25) is 0 Å². The summed E-state index contributed by atoms with van der Waals surface area (Å²) in [5.41, 5.74) is 2.02. The van der Waals surface area contributed by atoms with E-state index in [2.05, 4.69) is 30.6 Å². The van der Waals surface area contributed by atoms with Gasteiger partial charge in [-0.05, 0) is 19.1 Å². The van der Waals surface area contributed by atoms with Crippen molar-refractivity contribution in [3.63, 3.8) is 0 Å². The Hall–Kier alpha value is -3.16. The number of likely N-dealkylation sites (N-methyl/N-ethyl adjacent to an activating group) is 1. The molecule has 0 aromatic carbocycles. The van der Waals surface area contributed by atoms with Crippen LogP contribution in [0.5, 0.6) is 5.88 Å². The summed E-state index contributed by atoms with van der Waals surface area (Å²) in [6, 6.07) is 1.99. The van der Waals surface area contributed by atoms with Crippen LogP contribution in [0.25, 0.3) is 16.8 Å². The summed E-state index contributed by atoms with van der Waals surface area (Å²) in [5, 5.41) is 8.57. The number of aromatic nitrogens is 5. The third-order valence-electron chi connectivity index (χ3n) is 5.86. The quantitative estimate of drug-likeness (QED) is 0.635. The minimum atomic E-state index is -0.425. The van der Waals surface area contributed by atoms with Crippen LogP contribution in [-0.4, -0.2) is 53.9 Å². The molecule has 1 aliphatic rings. The first-order valence-electron chi connectivity index (χ1n) is 9.24. The first-order chi connectivity index (χ1) is 13.3. The smallest absolute Gasteiger partial charge is 0.245 e. The van der Waals surface area contributed by atoms with E-state index >= 15 is 0 Å². The number of hydrogen-bond donors (Lipinski definition) is 0. The number of rotatable bonds is 5. The molecule has 4 rings (SSSR count). The number of carbonyl (C=O) groups is 1. The van der Waals surface area contributed by atoms with E-state index in [-0.39, 0.29) is 17.9 Å². The van der Waals surface area contributed by atoms with Gasteiger partial charge in [0.2, 0.25) is 11.8 Å². The summed E-state index contributed by atoms with van der Waals surface area (Å²) in [6.45, 7) is 7.73. The van der Waals surface area contributed by atoms with Crippen molar-refractivity contribution in [2.75, 3.05) is 7.05 Å². The van der Waals surface area contributed by atoms with Crippen LogP contribution in [0.15, 0.2) is 43.5 Å². The molecule has 0 radical (unpaired) electrons. The van der Waals surface area contributed by atoms with Gasteiger partial charge in [-0.25, -0.2) is 9.50 Å². The standard InChI is InChI=1S/C20H24N6O2/c1-6-18(27)25(5)17-9-20(3,13(17)2)28-19-16-7-8-21-26(16)12-15(23-19)14-10-22-24(4)11-14/h6-8,10-13,17H,1,9H2,2-5H3/t13-,17-,20+/m1/s1. The lowest BCUT2D eigenvalue weighted by molar-refractivity contribution is -0.144. The van der Waals surface area contributed by atoms with E-state index in [9.17, 15) is 4.79 Å². The maximum atomic E-state index is 11.9. The molecule has 8 nitrogen and oxygen atoms in total. The molecule has 0 N–H and O–H groups in total. The summed E-state index contributed by atoms with van der Waals surface area (Å²) in [6.07, 6.45) is 9.33. The van der Waals surface area contributed by atoms with Crippen molar-refractivity contribution in [1.29, 1.82) is 0 Å². The molecule has 0 bridgehead atoms. The number of hydrogen-bond acceptors (Lipinski definition) is 5. The minimum absolute atomic E-state index is 0.0752. The summed E-state index contributed by atoms with van der Waals surface area (Å²) < 4.78 is 9.92. The van der Waals surface area contributed by atoms with Gasteiger partial charge in [-0.3, -0.25) is 9.48 Å². The Morgan fingerprint density at radius 1 is 1.43 bits per heavy atom. The molecule has 0 aliphatic heterocycles. The molecule has 0 unspecified atom stereocenters. The normalized spacial score (nSPS) is 24.0. The van der Waals surface area contributed by atoms with Crippen molar-refractivity contribution in [1.82, 2.24) is 29.3 Å². The number of aryl methyl sites for hydroxylation is 1. The van der Waals surface area contributed by atoms with Crippen LogP contribution in [0.4, 0.5) is 0 Å². The molecule has 1 fully saturated rings. The fourth-order valence-corrected chi connectivity index (χ4v) is 3.83. The number of fused-ring (bicyclic) bond motifs is 1. The zero-order valence-corrected chi connectivity index (χ0v) is 16.5. The molecule has 8 heteroatoms. The van der Waals surface area contributed by atoms with Gasteiger partial charge in [0.25, 0.3) is 0 Å². The van der Waals surface area contributed by atoms with Crippen LogP contribution < -0.4 is 4.74 Å². The Bertz CT molecular complexity index is 1050. The predicted molar refractivity (Wildman–Crippen MR) is 105 cm³/mol. The second-order valence-electron chi connectivity index (χ2n) is 7.62. The Morgan fingerprint density at radius 2 is 2.21 bits per heavy atom. The Kier molecular flexibility index (Phi) is 4.21. The van der Waals surface area contributed by atoms with Gasteiger partial charge in [-0.15, -0.1) is 0 Å². The minimum Gasteiger partial charge on any atom is -0.469 e. The molecule has 3 aromatic rings. The van der Waals surface area contributed by atoms with Crippen molar-refractivity contribution in [2.45, 2.75) is 31.9 Å². The molecule has 1 amide bonds. The lowest BCUT2D eigenvalue weighted by Gasteiger charge is -2.53. The second-order valence-corrected chi connectivity index (χ2v) is 7.62. The van der Waals surface area contributed by atoms with Gasteiger partial charge < -0.3 is 9.64 Å². The monoisotopic (exact) mass is 380 g/mol. The molecule has 0 saturated heterocycles. The largest absolute Gasteiger partial charge is 0.469 e. The summed E-state index contributed by atoms with van der Waals surface area (Å²) in [5.74, 6) is 0.603. The van der Waals surface area contributed by atoms with E-state index in [0.717, 1.165) is 23.2 Å². The highest BCUT2D eigenvalue weighted by atomic mass is 16.5. The van der Waals surface area contributed by atoms with Crippen molar-refractivity contribution in [3.8, 4) is 17.1 Å². The van der Waals surface area contributed by atoms with Gasteiger partial charge in [-0.2, -0.15) is 10.2 Å². The van der Waals surface area contributed by atoms with Gasteiger partial charge >= 0.3 is 0 Å². The maximum Gasteiger partial charge on any atom is 0.245 e. The topological polar surface area (TPSA) is 77.6 Å². The first kappa shape index (κ1) is 18.2. The van der Waals surface area contributed by atoms with Gasteiger partial charge in [-0.1, -0.05) is 13.5 Å². The summed E-state index contributed by atoms with van der Waals surface area (Å²) in [4.78, 5) is 18.4. The fraction of sp³-hybridized carbons (Fsp3) is 0.400. The zero-order valence-electron chi connectivity index (χ0n) is 16.5. The average molecular weight is 380 g/mol. The highest BCUT2D eigenvalue weighted by molar-refractivity contribution is 5.87. The lowest BCUT2D eigenvalue weighted by atomic mass is 9.66. The highest BCUT2D eigenvalue weighted by Crippen LogP contribution is 2.44. The van der Waals surface area contributed by atoms with Crippen molar-refractivity contribution >= 4 is 11.4 Å². The molecule has 28 heavy (non-hydrogen) atoms. The van der Waals surface area contributed by atoms with Crippen LogP contribution in [0.3, 0.4) is 0 Å². The van der Waals surface area contributed by atoms with E-state index in [4.69, 9.17) is 9.72 Å². The Morgan fingerprint density at radius 3 is 2.86 bits per heavy atom. The van der Waals surface area contributed by atoms with E-state index in [0.29, 0.717) is 5.88 Å². The second kappa shape index (κ2) is 6.47. The van der Waals surface area contributed by atoms with Crippen molar-refractivity contribution < 1.29 is 9.53 Å². The van der Waals surface area contributed by atoms with Gasteiger partial charge in [0.15, 0.2) is 0 Å². The third-order valence-corrected chi connectivity index (χ3v) is 5.86. The SMILES string of the molecule is C=CC(=O)N(C)[C@@H]1C[C@](C)(Oc2nc(-c3cnn(C)c3)cn3nccc23)[C@@H]1C. The molecule has 3 atom stereocenters. The van der Waals surface area contributed by atoms with E-state index < -0.39 is 5.60 Å². The van der Waals surface area contributed by atoms with Gasteiger partial charge in [0.1, 0.15) is 11.1 Å². The molecule has 146 valence electrons. The molecular formula is C20H24N6O2. The predicted octanol–water partition coefficient (Wildman–Crippen LogP) is 2.32. The van der Waals surface area contributed by atoms with Gasteiger partial charge in [0, 0.05) is 44.2 Å². The molecular weight excluding hydrogens is 356 g/mol. The first-order valence-corrected chi connectivity index (χ1v) is 9.24. The fourth-order valence-electron chi connectivity index (χ4n) is 3.83. The zero-order chi connectivity index (χ0) is 20.1. The maximum absolute atomic E-state index is 11.9. The van der Waals surface area contributed by atoms with Crippen LogP contribution >= 0.6 is 0 Å². The number of nitrogens with zero attached hydrogens (tertiary/aromatic N) is 6. The summed E-state index contributed by atoms with van der Waals surface area (Å²) in [7, 11) is 3.67. The number of carbonyl (C=O) groups excluding carboxylic acids is 1.